The molecule has 0 aromatic carbocycles. The van der Waals surface area contributed by atoms with E-state index in [9.17, 15) is 0 Å². The quantitative estimate of drug-likeness (QED) is 0.523. The van der Waals surface area contributed by atoms with E-state index < -0.39 is 0 Å². The highest BCUT2D eigenvalue weighted by Crippen LogP contribution is 2.05. The zero-order valence-electron chi connectivity index (χ0n) is 5.57. The third-order valence-corrected chi connectivity index (χ3v) is 1.66. The maximum absolute atomic E-state index is 3.21. The van der Waals surface area contributed by atoms with E-state index in [4.69, 9.17) is 0 Å². The van der Waals surface area contributed by atoms with Gasteiger partial charge in [0.1, 0.15) is 0 Å². The molecule has 8 heavy (non-hydrogen) atoms. The van der Waals surface area contributed by atoms with E-state index in [0.717, 1.165) is 0 Å². The van der Waals surface area contributed by atoms with Gasteiger partial charge in [-0.2, -0.15) is 0 Å². The molecule has 1 heterocycles. The lowest BCUT2D eigenvalue weighted by Gasteiger charge is -2.01. The Kier molecular flexibility index (Phi) is 1.86. The molecule has 1 fully saturated rings. The molecule has 0 radical (unpaired) electrons. The topological polar surface area (TPSA) is 24.1 Å². The maximum Gasteiger partial charge on any atom is 0.0225 e. The van der Waals surface area contributed by atoms with E-state index in [-0.39, 0.29) is 0 Å². The number of hydrogen-bond donors (Lipinski definition) is 2. The van der Waals surface area contributed by atoms with Crippen molar-refractivity contribution in [2.75, 3.05) is 0 Å². The molecule has 1 aliphatic heterocycles. The van der Waals surface area contributed by atoms with Crippen LogP contribution in [0, 0.1) is 0 Å². The molecule has 2 nitrogen and oxygen atoms in total. The van der Waals surface area contributed by atoms with E-state index in [1.165, 1.54) is 12.8 Å². The Labute approximate surface area is 50.6 Å². The SMILES string of the molecule is CCC1CC(C)NN1. The van der Waals surface area contributed by atoms with E-state index in [1.54, 1.807) is 0 Å². The smallest absolute Gasteiger partial charge is 0.0225 e. The molecule has 2 unspecified atom stereocenters. The van der Waals surface area contributed by atoms with Crippen molar-refractivity contribution in [1.82, 2.24) is 10.9 Å². The molecule has 1 aliphatic rings. The first-order valence-corrected chi connectivity index (χ1v) is 3.34. The van der Waals surface area contributed by atoms with Gasteiger partial charge in [0.25, 0.3) is 0 Å². The maximum atomic E-state index is 3.21. The average molecular weight is 114 g/mol. The van der Waals surface area contributed by atoms with Crippen molar-refractivity contribution in [1.29, 1.82) is 0 Å². The van der Waals surface area contributed by atoms with Crippen molar-refractivity contribution >= 4 is 0 Å². The van der Waals surface area contributed by atoms with E-state index in [2.05, 4.69) is 24.7 Å². The number of rotatable bonds is 1. The van der Waals surface area contributed by atoms with Gasteiger partial charge < -0.3 is 0 Å². The second kappa shape index (κ2) is 2.46. The highest BCUT2D eigenvalue weighted by Gasteiger charge is 2.16. The van der Waals surface area contributed by atoms with Crippen LogP contribution < -0.4 is 10.9 Å². The number of nitrogens with one attached hydrogen (secondary N) is 2. The van der Waals surface area contributed by atoms with Crippen molar-refractivity contribution < 1.29 is 0 Å². The summed E-state index contributed by atoms with van der Waals surface area (Å²) in [6.45, 7) is 4.40. The van der Waals surface area contributed by atoms with Crippen molar-refractivity contribution in [2.45, 2.75) is 38.8 Å². The predicted octanol–water partition coefficient (Wildman–Crippen LogP) is 0.651. The second-order valence-electron chi connectivity index (χ2n) is 2.53. The van der Waals surface area contributed by atoms with Gasteiger partial charge in [-0.25, -0.2) is 0 Å². The molecule has 2 N–H and O–H groups in total. The lowest BCUT2D eigenvalue weighted by molar-refractivity contribution is 0.534. The average Bonchev–Trinajstić information content (AvgIpc) is 2.14. The molecule has 0 saturated carbocycles. The Balaban J connectivity index is 2.22. The highest BCUT2D eigenvalue weighted by molar-refractivity contribution is 4.76. The number of hydrazine groups is 1. The standard InChI is InChI=1S/C6H14N2/c1-3-6-4-5(2)7-8-6/h5-8H,3-4H2,1-2H3. The molecule has 2 atom stereocenters. The Hall–Kier alpha value is -0.0800. The summed E-state index contributed by atoms with van der Waals surface area (Å²) in [6, 6.07) is 1.38. The first kappa shape index (κ1) is 6.05. The van der Waals surface area contributed by atoms with Crippen molar-refractivity contribution in [3.63, 3.8) is 0 Å². The van der Waals surface area contributed by atoms with E-state index >= 15 is 0 Å². The molecule has 1 saturated heterocycles. The molecular formula is C6H14N2. The van der Waals surface area contributed by atoms with E-state index in [0.29, 0.717) is 12.1 Å². The summed E-state index contributed by atoms with van der Waals surface area (Å²) < 4.78 is 0. The monoisotopic (exact) mass is 114 g/mol. The van der Waals surface area contributed by atoms with Gasteiger partial charge in [-0.3, -0.25) is 10.9 Å². The molecule has 2 heteroatoms. The molecule has 0 aliphatic carbocycles. The van der Waals surface area contributed by atoms with Crippen LogP contribution in [0.15, 0.2) is 0 Å². The molecule has 1 rings (SSSR count). The van der Waals surface area contributed by atoms with Gasteiger partial charge in [0.2, 0.25) is 0 Å². The molecule has 0 bridgehead atoms. The third-order valence-electron chi connectivity index (χ3n) is 1.66. The first-order chi connectivity index (χ1) is 3.83. The summed E-state index contributed by atoms with van der Waals surface area (Å²) in [5, 5.41) is 0. The summed E-state index contributed by atoms with van der Waals surface area (Å²) in [7, 11) is 0. The lowest BCUT2D eigenvalue weighted by Crippen LogP contribution is -2.31. The molecule has 0 aromatic rings. The van der Waals surface area contributed by atoms with Gasteiger partial charge in [0, 0.05) is 12.1 Å². The largest absolute Gasteiger partial charge is 0.255 e. The molecule has 0 spiro atoms. The van der Waals surface area contributed by atoms with Crippen LogP contribution in [-0.4, -0.2) is 12.1 Å². The predicted molar refractivity (Wildman–Crippen MR) is 34.4 cm³/mol. The zero-order chi connectivity index (χ0) is 5.98. The molecule has 0 aromatic heterocycles. The minimum atomic E-state index is 0.667. The fourth-order valence-electron chi connectivity index (χ4n) is 1.07. The Morgan fingerprint density at radius 3 is 2.50 bits per heavy atom. The third kappa shape index (κ3) is 1.20. The Morgan fingerprint density at radius 1 is 1.50 bits per heavy atom. The van der Waals surface area contributed by atoms with Crippen LogP contribution in [0.5, 0.6) is 0 Å². The van der Waals surface area contributed by atoms with Gasteiger partial charge in [-0.05, 0) is 19.8 Å². The summed E-state index contributed by atoms with van der Waals surface area (Å²) in [5.41, 5.74) is 6.38. The van der Waals surface area contributed by atoms with Gasteiger partial charge in [0.05, 0.1) is 0 Å². The van der Waals surface area contributed by atoms with Crippen LogP contribution in [0.3, 0.4) is 0 Å². The van der Waals surface area contributed by atoms with Crippen LogP contribution in [0.25, 0.3) is 0 Å². The van der Waals surface area contributed by atoms with Crippen LogP contribution in [0.1, 0.15) is 26.7 Å². The highest BCUT2D eigenvalue weighted by atomic mass is 15.4. The minimum Gasteiger partial charge on any atom is -0.255 e. The minimum absolute atomic E-state index is 0.667. The fraction of sp³-hybridized carbons (Fsp3) is 1.00. The zero-order valence-corrected chi connectivity index (χ0v) is 5.57. The summed E-state index contributed by atoms with van der Waals surface area (Å²) in [6.07, 6.45) is 2.51. The van der Waals surface area contributed by atoms with Gasteiger partial charge in [0.15, 0.2) is 0 Å². The van der Waals surface area contributed by atoms with Crippen LogP contribution in [0.2, 0.25) is 0 Å². The molecule has 48 valence electrons. The second-order valence-corrected chi connectivity index (χ2v) is 2.53. The van der Waals surface area contributed by atoms with Crippen LogP contribution in [-0.2, 0) is 0 Å². The Bertz CT molecular complexity index is 72.9. The summed E-state index contributed by atoms with van der Waals surface area (Å²) in [5.74, 6) is 0. The fourth-order valence-corrected chi connectivity index (χ4v) is 1.07. The van der Waals surface area contributed by atoms with Crippen LogP contribution >= 0.6 is 0 Å². The van der Waals surface area contributed by atoms with Crippen molar-refractivity contribution in [3.8, 4) is 0 Å². The van der Waals surface area contributed by atoms with Crippen molar-refractivity contribution in [2.24, 2.45) is 0 Å². The summed E-state index contributed by atoms with van der Waals surface area (Å²) in [4.78, 5) is 0. The van der Waals surface area contributed by atoms with Crippen LogP contribution in [0.4, 0.5) is 0 Å². The van der Waals surface area contributed by atoms with E-state index in [1.807, 2.05) is 0 Å². The van der Waals surface area contributed by atoms with Gasteiger partial charge >= 0.3 is 0 Å². The first-order valence-electron chi connectivity index (χ1n) is 3.34. The number of hydrogen-bond acceptors (Lipinski definition) is 2. The normalized spacial score (nSPS) is 38.2. The van der Waals surface area contributed by atoms with Gasteiger partial charge in [-0.15, -0.1) is 0 Å². The lowest BCUT2D eigenvalue weighted by atomic mass is 10.1. The molecular weight excluding hydrogens is 100 g/mol. The molecule has 0 amide bonds. The summed E-state index contributed by atoms with van der Waals surface area (Å²) >= 11 is 0. The van der Waals surface area contributed by atoms with Gasteiger partial charge in [-0.1, -0.05) is 6.92 Å². The van der Waals surface area contributed by atoms with Crippen molar-refractivity contribution in [3.05, 3.63) is 0 Å². The Morgan fingerprint density at radius 2 is 2.25 bits per heavy atom.